The molecule has 7 heteroatoms. The molecule has 0 spiro atoms. The number of rotatable bonds is 5. The zero-order chi connectivity index (χ0) is 20.4. The molecule has 3 aromatic rings. The molecule has 29 heavy (non-hydrogen) atoms. The second kappa shape index (κ2) is 7.87. The first-order valence-corrected chi connectivity index (χ1v) is 9.47. The van der Waals surface area contributed by atoms with E-state index in [-0.39, 0.29) is 5.91 Å². The summed E-state index contributed by atoms with van der Waals surface area (Å²) in [4.78, 5) is 24.2. The van der Waals surface area contributed by atoms with Crippen LogP contribution in [-0.2, 0) is 11.2 Å². The lowest BCUT2D eigenvalue weighted by atomic mass is 10.1. The van der Waals surface area contributed by atoms with Crippen molar-refractivity contribution in [1.82, 2.24) is 0 Å². The third-order valence-corrected chi connectivity index (χ3v) is 4.67. The van der Waals surface area contributed by atoms with E-state index in [4.69, 9.17) is 18.6 Å². The molecule has 0 saturated heterocycles. The van der Waals surface area contributed by atoms with E-state index in [1.165, 1.54) is 6.07 Å². The van der Waals surface area contributed by atoms with Crippen LogP contribution in [-0.4, -0.2) is 25.2 Å². The van der Waals surface area contributed by atoms with E-state index in [1.807, 2.05) is 13.0 Å². The number of nitrogens with one attached hydrogen (secondary N) is 1. The lowest BCUT2D eigenvalue weighted by Gasteiger charge is -2.20. The van der Waals surface area contributed by atoms with Crippen LogP contribution in [0.5, 0.6) is 17.2 Å². The molecule has 0 fully saturated rings. The van der Waals surface area contributed by atoms with Crippen LogP contribution in [0.15, 0.2) is 51.7 Å². The Kier molecular flexibility index (Phi) is 5.12. The number of aryl methyl sites for hydroxylation is 1. The summed E-state index contributed by atoms with van der Waals surface area (Å²) in [6.45, 7) is 4.61. The van der Waals surface area contributed by atoms with Crippen LogP contribution >= 0.6 is 0 Å². The SMILES string of the molecule is CCc1cc(=O)oc2cc(O[C@H](C)C(=O)Nc3ccc4c(c3)OCCO4)ccc12. The van der Waals surface area contributed by atoms with Gasteiger partial charge in [0.2, 0.25) is 0 Å². The first kappa shape index (κ1) is 18.9. The Hall–Kier alpha value is -3.48. The van der Waals surface area contributed by atoms with Gasteiger partial charge in [-0.05, 0) is 43.2 Å². The van der Waals surface area contributed by atoms with Crippen molar-refractivity contribution in [3.05, 3.63) is 58.4 Å². The highest BCUT2D eigenvalue weighted by molar-refractivity contribution is 5.94. The van der Waals surface area contributed by atoms with Gasteiger partial charge in [-0.25, -0.2) is 4.79 Å². The zero-order valence-corrected chi connectivity index (χ0v) is 16.2. The van der Waals surface area contributed by atoms with Crippen LogP contribution in [0, 0.1) is 0 Å². The van der Waals surface area contributed by atoms with Gasteiger partial charge in [-0.2, -0.15) is 0 Å². The van der Waals surface area contributed by atoms with Crippen LogP contribution < -0.4 is 25.2 Å². The Balaban J connectivity index is 1.48. The van der Waals surface area contributed by atoms with Crippen LogP contribution in [0.25, 0.3) is 11.0 Å². The third-order valence-electron chi connectivity index (χ3n) is 4.67. The van der Waals surface area contributed by atoms with Crippen molar-refractivity contribution in [2.45, 2.75) is 26.4 Å². The molecule has 2 aromatic carbocycles. The maximum atomic E-state index is 12.5. The van der Waals surface area contributed by atoms with Gasteiger partial charge in [0.05, 0.1) is 0 Å². The molecular weight excluding hydrogens is 374 g/mol. The van der Waals surface area contributed by atoms with Gasteiger partial charge in [-0.15, -0.1) is 0 Å². The van der Waals surface area contributed by atoms with Gasteiger partial charge < -0.3 is 23.9 Å². The topological polar surface area (TPSA) is 87.0 Å². The van der Waals surface area contributed by atoms with Crippen molar-refractivity contribution in [2.24, 2.45) is 0 Å². The van der Waals surface area contributed by atoms with E-state index in [0.29, 0.717) is 41.7 Å². The van der Waals surface area contributed by atoms with Gasteiger partial charge >= 0.3 is 5.63 Å². The first-order chi connectivity index (χ1) is 14.0. The fraction of sp³-hybridized carbons (Fsp3) is 0.273. The summed E-state index contributed by atoms with van der Waals surface area (Å²) in [5.41, 5.74) is 1.53. The predicted octanol–water partition coefficient (Wildman–Crippen LogP) is 3.53. The molecule has 1 aliphatic rings. The predicted molar refractivity (Wildman–Crippen MR) is 108 cm³/mol. The van der Waals surface area contributed by atoms with Crippen molar-refractivity contribution in [3.63, 3.8) is 0 Å². The summed E-state index contributed by atoms with van der Waals surface area (Å²) < 4.78 is 22.0. The summed E-state index contributed by atoms with van der Waals surface area (Å²) in [6.07, 6.45) is -0.0434. The van der Waals surface area contributed by atoms with Gasteiger partial charge in [0.25, 0.3) is 5.91 Å². The van der Waals surface area contributed by atoms with Crippen LogP contribution in [0.4, 0.5) is 5.69 Å². The molecule has 1 aromatic heterocycles. The number of ether oxygens (including phenoxy) is 3. The third kappa shape index (κ3) is 4.03. The van der Waals surface area contributed by atoms with E-state index >= 15 is 0 Å². The van der Waals surface area contributed by atoms with E-state index in [2.05, 4.69) is 5.32 Å². The number of hydrogen-bond donors (Lipinski definition) is 1. The smallest absolute Gasteiger partial charge is 0.336 e. The van der Waals surface area contributed by atoms with E-state index in [9.17, 15) is 9.59 Å². The average Bonchev–Trinajstić information content (AvgIpc) is 2.72. The number of amides is 1. The first-order valence-electron chi connectivity index (χ1n) is 9.47. The number of benzene rings is 2. The quantitative estimate of drug-likeness (QED) is 0.665. The largest absolute Gasteiger partial charge is 0.486 e. The van der Waals surface area contributed by atoms with E-state index < -0.39 is 11.7 Å². The Bertz CT molecular complexity index is 1120. The number of fused-ring (bicyclic) bond motifs is 2. The minimum Gasteiger partial charge on any atom is -0.486 e. The minimum absolute atomic E-state index is 0.314. The lowest BCUT2D eigenvalue weighted by molar-refractivity contribution is -0.122. The average molecular weight is 395 g/mol. The number of carbonyl (C=O) groups excluding carboxylic acids is 1. The Morgan fingerprint density at radius 3 is 2.69 bits per heavy atom. The minimum atomic E-state index is -0.762. The molecule has 0 bridgehead atoms. The molecule has 7 nitrogen and oxygen atoms in total. The molecule has 1 aliphatic heterocycles. The van der Waals surface area contributed by atoms with E-state index in [1.54, 1.807) is 37.3 Å². The Morgan fingerprint density at radius 1 is 1.10 bits per heavy atom. The van der Waals surface area contributed by atoms with Crippen LogP contribution in [0.2, 0.25) is 0 Å². The van der Waals surface area contributed by atoms with Crippen LogP contribution in [0.1, 0.15) is 19.4 Å². The highest BCUT2D eigenvalue weighted by atomic mass is 16.6. The summed E-state index contributed by atoms with van der Waals surface area (Å²) in [5.74, 6) is 1.38. The summed E-state index contributed by atoms with van der Waals surface area (Å²) in [7, 11) is 0. The number of anilines is 1. The van der Waals surface area contributed by atoms with Gasteiger partial charge in [-0.3, -0.25) is 4.79 Å². The highest BCUT2D eigenvalue weighted by Gasteiger charge is 2.18. The Morgan fingerprint density at radius 2 is 1.90 bits per heavy atom. The van der Waals surface area contributed by atoms with Crippen molar-refractivity contribution in [2.75, 3.05) is 18.5 Å². The molecule has 0 aliphatic carbocycles. The molecular formula is C22H21NO6. The van der Waals surface area contributed by atoms with Gasteiger partial charge in [-0.1, -0.05) is 6.92 Å². The normalized spacial score (nSPS) is 13.7. The zero-order valence-electron chi connectivity index (χ0n) is 16.2. The molecule has 0 saturated carbocycles. The molecule has 150 valence electrons. The standard InChI is InChI=1S/C22H21NO6/c1-3-14-10-21(24)29-19-12-16(5-6-17(14)19)28-13(2)22(25)23-15-4-7-18-20(11-15)27-9-8-26-18/h4-7,10-13H,3,8-9H2,1-2H3,(H,23,25)/t13-/m1/s1. The summed E-state index contributed by atoms with van der Waals surface area (Å²) >= 11 is 0. The molecule has 0 unspecified atom stereocenters. The monoisotopic (exact) mass is 395 g/mol. The van der Waals surface area contributed by atoms with Crippen molar-refractivity contribution in [1.29, 1.82) is 0 Å². The molecule has 1 N–H and O–H groups in total. The maximum Gasteiger partial charge on any atom is 0.336 e. The second-order valence-electron chi connectivity index (χ2n) is 6.71. The maximum absolute atomic E-state index is 12.5. The van der Waals surface area contributed by atoms with Crippen molar-refractivity contribution < 1.29 is 23.4 Å². The molecule has 2 heterocycles. The van der Waals surface area contributed by atoms with Crippen LogP contribution in [0.3, 0.4) is 0 Å². The number of carbonyl (C=O) groups is 1. The molecule has 4 rings (SSSR count). The summed E-state index contributed by atoms with van der Waals surface area (Å²) in [6, 6.07) is 11.9. The van der Waals surface area contributed by atoms with Crippen molar-refractivity contribution >= 4 is 22.6 Å². The molecule has 1 atom stereocenters. The number of hydrogen-bond acceptors (Lipinski definition) is 6. The van der Waals surface area contributed by atoms with Crippen molar-refractivity contribution in [3.8, 4) is 17.2 Å². The second-order valence-corrected chi connectivity index (χ2v) is 6.71. The fourth-order valence-corrected chi connectivity index (χ4v) is 3.20. The highest BCUT2D eigenvalue weighted by Crippen LogP contribution is 2.32. The van der Waals surface area contributed by atoms with E-state index in [0.717, 1.165) is 17.4 Å². The fourth-order valence-electron chi connectivity index (χ4n) is 3.20. The van der Waals surface area contributed by atoms with Gasteiger partial charge in [0, 0.05) is 29.3 Å². The molecule has 0 radical (unpaired) electrons. The lowest BCUT2D eigenvalue weighted by Crippen LogP contribution is -2.30. The van der Waals surface area contributed by atoms with Gasteiger partial charge in [0.1, 0.15) is 24.5 Å². The summed E-state index contributed by atoms with van der Waals surface area (Å²) in [5, 5.41) is 3.66. The van der Waals surface area contributed by atoms with Gasteiger partial charge in [0.15, 0.2) is 17.6 Å². The molecule has 1 amide bonds. The Labute approximate surface area is 167 Å².